The Kier molecular flexibility index (Phi) is 7.85. The highest BCUT2D eigenvalue weighted by Crippen LogP contribution is 2.28. The van der Waals surface area contributed by atoms with Crippen LogP contribution in [0, 0.1) is 0 Å². The minimum Gasteiger partial charge on any atom is -0.496 e. The van der Waals surface area contributed by atoms with Crippen LogP contribution < -0.4 is 10.1 Å². The van der Waals surface area contributed by atoms with Crippen LogP contribution in [0.2, 0.25) is 0 Å². The summed E-state index contributed by atoms with van der Waals surface area (Å²) in [7, 11) is -2.19. The van der Waals surface area contributed by atoms with Gasteiger partial charge in [0.25, 0.3) is 5.91 Å². The molecular weight excluding hydrogens is 436 g/mol. The summed E-state index contributed by atoms with van der Waals surface area (Å²) in [5, 5.41) is 2.99. The summed E-state index contributed by atoms with van der Waals surface area (Å²) in [6, 6.07) is 12.4. The molecule has 0 saturated carbocycles. The zero-order chi connectivity index (χ0) is 24.2. The summed E-state index contributed by atoms with van der Waals surface area (Å²) in [6.07, 6.45) is 3.79. The lowest BCUT2D eigenvalue weighted by Crippen LogP contribution is -2.32. The summed E-state index contributed by atoms with van der Waals surface area (Å²) in [5.74, 6) is -0.0234. The van der Waals surface area contributed by atoms with Crippen LogP contribution in [-0.2, 0) is 15.4 Å². The molecule has 33 heavy (non-hydrogen) atoms. The van der Waals surface area contributed by atoms with Gasteiger partial charge in [-0.15, -0.1) is 0 Å². The van der Waals surface area contributed by atoms with Gasteiger partial charge in [-0.2, -0.15) is 4.31 Å². The number of ether oxygens (including phenoxy) is 1. The molecule has 1 heterocycles. The number of carbonyl (C=O) groups is 1. The van der Waals surface area contributed by atoms with E-state index in [1.165, 1.54) is 29.1 Å². The van der Waals surface area contributed by atoms with Crippen molar-refractivity contribution in [1.29, 1.82) is 0 Å². The maximum absolute atomic E-state index is 13.2. The molecule has 1 aliphatic heterocycles. The third-order valence-corrected chi connectivity index (χ3v) is 8.14. The first-order valence-corrected chi connectivity index (χ1v) is 13.1. The van der Waals surface area contributed by atoms with Crippen molar-refractivity contribution in [2.24, 2.45) is 0 Å². The van der Waals surface area contributed by atoms with Crippen LogP contribution in [0.4, 0.5) is 0 Å². The van der Waals surface area contributed by atoms with E-state index in [1.54, 1.807) is 6.07 Å². The molecule has 0 unspecified atom stereocenters. The van der Waals surface area contributed by atoms with E-state index in [1.807, 2.05) is 19.1 Å². The summed E-state index contributed by atoms with van der Waals surface area (Å²) in [4.78, 5) is 13.3. The molecule has 3 rings (SSSR count). The Morgan fingerprint density at radius 3 is 2.15 bits per heavy atom. The number of amides is 1. The lowest BCUT2D eigenvalue weighted by molar-refractivity contribution is 0.0936. The summed E-state index contributed by atoms with van der Waals surface area (Å²) < 4.78 is 33.4. The molecule has 7 heteroatoms. The highest BCUT2D eigenvalue weighted by Gasteiger charge is 2.27. The Labute approximate surface area is 198 Å². The maximum atomic E-state index is 13.2. The summed E-state index contributed by atoms with van der Waals surface area (Å²) in [5.41, 5.74) is 2.46. The van der Waals surface area contributed by atoms with Gasteiger partial charge in [0.05, 0.1) is 23.6 Å². The van der Waals surface area contributed by atoms with Crippen LogP contribution in [-0.4, -0.2) is 38.8 Å². The number of hydrogen-bond donors (Lipinski definition) is 1. The smallest absolute Gasteiger partial charge is 0.255 e. The molecule has 2 aromatic carbocycles. The Balaban J connectivity index is 1.83. The van der Waals surface area contributed by atoms with E-state index in [4.69, 9.17) is 4.74 Å². The SMILES string of the molecule is COc1ccc(S(=O)(=O)N2CCCCCC2)cc1C(=O)N[C@@H](C)c1ccc(C(C)(C)C)cc1. The summed E-state index contributed by atoms with van der Waals surface area (Å²) in [6.45, 7) is 9.41. The number of nitrogens with one attached hydrogen (secondary N) is 1. The highest BCUT2D eigenvalue weighted by atomic mass is 32.2. The monoisotopic (exact) mass is 472 g/mol. The van der Waals surface area contributed by atoms with Crippen LogP contribution in [0.25, 0.3) is 0 Å². The van der Waals surface area contributed by atoms with Crippen LogP contribution in [0.1, 0.15) is 80.9 Å². The fourth-order valence-electron chi connectivity index (χ4n) is 4.09. The Bertz CT molecular complexity index is 1060. The van der Waals surface area contributed by atoms with Gasteiger partial charge in [0.2, 0.25) is 10.0 Å². The minimum atomic E-state index is -3.67. The normalized spacial score (nSPS) is 16.6. The van der Waals surface area contributed by atoms with Crippen molar-refractivity contribution in [2.45, 2.75) is 69.7 Å². The zero-order valence-corrected chi connectivity index (χ0v) is 21.2. The van der Waals surface area contributed by atoms with Gasteiger partial charge in [-0.3, -0.25) is 4.79 Å². The second-order valence-corrected chi connectivity index (χ2v) is 11.7. The number of benzene rings is 2. The molecule has 1 amide bonds. The Morgan fingerprint density at radius 2 is 1.61 bits per heavy atom. The maximum Gasteiger partial charge on any atom is 0.255 e. The molecular formula is C26H36N2O4S. The van der Waals surface area contributed by atoms with Gasteiger partial charge in [0, 0.05) is 13.1 Å². The second-order valence-electron chi connectivity index (χ2n) is 9.75. The predicted octanol–water partition coefficient (Wildman–Crippen LogP) is 5.05. The molecule has 1 fully saturated rings. The number of rotatable bonds is 6. The first kappa shape index (κ1) is 25.2. The molecule has 1 saturated heterocycles. The fourth-order valence-corrected chi connectivity index (χ4v) is 5.63. The van der Waals surface area contributed by atoms with Crippen LogP contribution in [0.3, 0.4) is 0 Å². The fraction of sp³-hybridized carbons (Fsp3) is 0.500. The quantitative estimate of drug-likeness (QED) is 0.638. The van der Waals surface area contributed by atoms with Gasteiger partial charge in [-0.05, 0) is 54.5 Å². The topological polar surface area (TPSA) is 75.7 Å². The minimum absolute atomic E-state index is 0.0533. The van der Waals surface area contributed by atoms with Gasteiger partial charge in [-0.1, -0.05) is 57.9 Å². The van der Waals surface area contributed by atoms with Crippen LogP contribution >= 0.6 is 0 Å². The van der Waals surface area contributed by atoms with E-state index in [9.17, 15) is 13.2 Å². The molecule has 0 spiro atoms. The number of methoxy groups -OCH3 is 1. The third kappa shape index (κ3) is 5.95. The van der Waals surface area contributed by atoms with Crippen molar-refractivity contribution in [3.63, 3.8) is 0 Å². The van der Waals surface area contributed by atoms with Crippen molar-refractivity contribution < 1.29 is 17.9 Å². The molecule has 1 N–H and O–H groups in total. The van der Waals surface area contributed by atoms with Crippen molar-refractivity contribution in [3.05, 3.63) is 59.2 Å². The lowest BCUT2D eigenvalue weighted by atomic mass is 9.86. The van der Waals surface area contributed by atoms with E-state index in [0.717, 1.165) is 31.2 Å². The molecule has 180 valence electrons. The van der Waals surface area contributed by atoms with E-state index < -0.39 is 10.0 Å². The largest absolute Gasteiger partial charge is 0.496 e. The standard InChI is InChI=1S/C26H36N2O4S/c1-19(20-10-12-21(13-11-20)26(2,3)4)27-25(29)23-18-22(14-15-24(23)32-5)33(30,31)28-16-8-6-7-9-17-28/h10-15,18-19H,6-9,16-17H2,1-5H3,(H,27,29)/t19-/m0/s1. The second kappa shape index (κ2) is 10.3. The molecule has 0 aromatic heterocycles. The van der Waals surface area contributed by atoms with Crippen molar-refractivity contribution in [1.82, 2.24) is 9.62 Å². The van der Waals surface area contributed by atoms with E-state index >= 15 is 0 Å². The molecule has 0 bridgehead atoms. The molecule has 0 aliphatic carbocycles. The zero-order valence-electron chi connectivity index (χ0n) is 20.3. The molecule has 6 nitrogen and oxygen atoms in total. The number of hydrogen-bond acceptors (Lipinski definition) is 4. The van der Waals surface area contributed by atoms with Crippen LogP contribution in [0.5, 0.6) is 5.75 Å². The van der Waals surface area contributed by atoms with Gasteiger partial charge >= 0.3 is 0 Å². The lowest BCUT2D eigenvalue weighted by Gasteiger charge is -2.22. The molecule has 1 atom stereocenters. The highest BCUT2D eigenvalue weighted by molar-refractivity contribution is 7.89. The van der Waals surface area contributed by atoms with Crippen molar-refractivity contribution >= 4 is 15.9 Å². The number of sulfonamides is 1. The van der Waals surface area contributed by atoms with Crippen molar-refractivity contribution in [2.75, 3.05) is 20.2 Å². The van der Waals surface area contributed by atoms with E-state index in [2.05, 4.69) is 38.2 Å². The average molecular weight is 473 g/mol. The van der Waals surface area contributed by atoms with Crippen LogP contribution in [0.15, 0.2) is 47.4 Å². The van der Waals surface area contributed by atoms with Gasteiger partial charge in [0.1, 0.15) is 5.75 Å². The predicted molar refractivity (Wildman–Crippen MR) is 131 cm³/mol. The van der Waals surface area contributed by atoms with Gasteiger partial charge < -0.3 is 10.1 Å². The Hall–Kier alpha value is -2.38. The third-order valence-electron chi connectivity index (χ3n) is 6.24. The molecule has 0 radical (unpaired) electrons. The molecule has 2 aromatic rings. The first-order valence-electron chi connectivity index (χ1n) is 11.6. The van der Waals surface area contributed by atoms with Gasteiger partial charge in [-0.25, -0.2) is 8.42 Å². The van der Waals surface area contributed by atoms with Crippen molar-refractivity contribution in [3.8, 4) is 5.75 Å². The van der Waals surface area contributed by atoms with E-state index in [-0.39, 0.29) is 27.8 Å². The summed E-state index contributed by atoms with van der Waals surface area (Å²) >= 11 is 0. The number of nitrogens with zero attached hydrogens (tertiary/aromatic N) is 1. The Morgan fingerprint density at radius 1 is 1.00 bits per heavy atom. The average Bonchev–Trinajstić information content (AvgIpc) is 3.08. The van der Waals surface area contributed by atoms with E-state index in [0.29, 0.717) is 18.8 Å². The number of carbonyl (C=O) groups excluding carboxylic acids is 1. The van der Waals surface area contributed by atoms with Gasteiger partial charge in [0.15, 0.2) is 0 Å². The molecule has 1 aliphatic rings. The first-order chi connectivity index (χ1) is 15.5.